The average Bonchev–Trinajstić information content (AvgIpc) is 2.37. The summed E-state index contributed by atoms with van der Waals surface area (Å²) >= 11 is 0. The highest BCUT2D eigenvalue weighted by Crippen LogP contribution is 2.28. The number of nitrogens with zero attached hydrogens (tertiary/aromatic N) is 2. The van der Waals surface area contributed by atoms with Gasteiger partial charge in [0.2, 0.25) is 11.8 Å². The Morgan fingerprint density at radius 2 is 2.06 bits per heavy atom. The Bertz CT molecular complexity index is 358. The first-order valence-electron chi connectivity index (χ1n) is 5.84. The number of methoxy groups -OCH3 is 2. The largest absolute Gasteiger partial charge is 0.480 e. The molecule has 5 nitrogen and oxygen atoms in total. The Morgan fingerprint density at radius 3 is 2.59 bits per heavy atom. The molecule has 0 amide bonds. The molecular formula is C12H21N3O2. The van der Waals surface area contributed by atoms with Crippen molar-refractivity contribution in [1.29, 1.82) is 0 Å². The molecule has 0 bridgehead atoms. The fraction of sp³-hybridized carbons (Fsp3) is 0.667. The standard InChI is InChI=1S/C12H21N3O2/c1-5-6-8(2)10(13)11-12(17-4)15-9(16-3)7-14-11/h7-8,10H,5-6,13H2,1-4H3. The summed E-state index contributed by atoms with van der Waals surface area (Å²) in [6.45, 7) is 4.25. The molecule has 0 aliphatic heterocycles. The molecule has 2 N–H and O–H groups in total. The van der Waals surface area contributed by atoms with Gasteiger partial charge in [-0.05, 0) is 12.3 Å². The van der Waals surface area contributed by atoms with Crippen LogP contribution in [0.5, 0.6) is 11.8 Å². The van der Waals surface area contributed by atoms with Gasteiger partial charge in [0.05, 0.1) is 26.5 Å². The monoisotopic (exact) mass is 239 g/mol. The lowest BCUT2D eigenvalue weighted by Crippen LogP contribution is -2.21. The van der Waals surface area contributed by atoms with E-state index in [1.807, 2.05) is 0 Å². The molecule has 5 heteroatoms. The third kappa shape index (κ3) is 3.30. The van der Waals surface area contributed by atoms with Crippen LogP contribution in [-0.2, 0) is 0 Å². The van der Waals surface area contributed by atoms with Gasteiger partial charge in [0.25, 0.3) is 0 Å². The molecule has 1 aromatic heterocycles. The van der Waals surface area contributed by atoms with E-state index < -0.39 is 0 Å². The van der Waals surface area contributed by atoms with Gasteiger partial charge < -0.3 is 15.2 Å². The second-order valence-corrected chi connectivity index (χ2v) is 4.10. The maximum atomic E-state index is 6.17. The fourth-order valence-corrected chi connectivity index (χ4v) is 1.75. The number of hydrogen-bond donors (Lipinski definition) is 1. The maximum Gasteiger partial charge on any atom is 0.240 e. The van der Waals surface area contributed by atoms with Crippen molar-refractivity contribution < 1.29 is 9.47 Å². The van der Waals surface area contributed by atoms with Crippen molar-refractivity contribution in [3.63, 3.8) is 0 Å². The third-order valence-electron chi connectivity index (χ3n) is 2.82. The third-order valence-corrected chi connectivity index (χ3v) is 2.82. The molecule has 0 saturated heterocycles. The highest BCUT2D eigenvalue weighted by molar-refractivity contribution is 5.25. The van der Waals surface area contributed by atoms with Gasteiger partial charge in [-0.25, -0.2) is 4.98 Å². The van der Waals surface area contributed by atoms with Crippen molar-refractivity contribution in [2.45, 2.75) is 32.7 Å². The predicted molar refractivity (Wildman–Crippen MR) is 66.1 cm³/mol. The Hall–Kier alpha value is -1.36. The van der Waals surface area contributed by atoms with Gasteiger partial charge in [-0.3, -0.25) is 0 Å². The van der Waals surface area contributed by atoms with Crippen LogP contribution in [0.1, 0.15) is 38.4 Å². The van der Waals surface area contributed by atoms with Gasteiger partial charge in [-0.15, -0.1) is 0 Å². The van der Waals surface area contributed by atoms with Crippen LogP contribution in [0.3, 0.4) is 0 Å². The molecule has 2 unspecified atom stereocenters. The Labute approximate surface area is 102 Å². The van der Waals surface area contributed by atoms with Crippen molar-refractivity contribution in [2.24, 2.45) is 11.7 Å². The molecular weight excluding hydrogens is 218 g/mol. The molecule has 96 valence electrons. The van der Waals surface area contributed by atoms with Gasteiger partial charge >= 0.3 is 0 Å². The maximum absolute atomic E-state index is 6.17. The van der Waals surface area contributed by atoms with E-state index in [0.717, 1.165) is 12.8 Å². The highest BCUT2D eigenvalue weighted by atomic mass is 16.5. The van der Waals surface area contributed by atoms with Gasteiger partial charge in [-0.2, -0.15) is 4.98 Å². The SMILES string of the molecule is CCCC(C)C(N)c1ncc(OC)nc1OC. The second kappa shape index (κ2) is 6.39. The van der Waals surface area contributed by atoms with Crippen molar-refractivity contribution in [3.8, 4) is 11.8 Å². The van der Waals surface area contributed by atoms with Crippen molar-refractivity contribution in [1.82, 2.24) is 9.97 Å². The van der Waals surface area contributed by atoms with Gasteiger partial charge in [0.1, 0.15) is 5.69 Å². The molecule has 0 aliphatic carbocycles. The molecule has 1 rings (SSSR count). The topological polar surface area (TPSA) is 70.3 Å². The average molecular weight is 239 g/mol. The highest BCUT2D eigenvalue weighted by Gasteiger charge is 2.21. The number of ether oxygens (including phenoxy) is 2. The van der Waals surface area contributed by atoms with Crippen LogP contribution >= 0.6 is 0 Å². The zero-order chi connectivity index (χ0) is 12.8. The second-order valence-electron chi connectivity index (χ2n) is 4.10. The first-order chi connectivity index (χ1) is 8.13. The molecule has 0 aromatic carbocycles. The number of nitrogens with two attached hydrogens (primary N) is 1. The number of hydrogen-bond acceptors (Lipinski definition) is 5. The summed E-state index contributed by atoms with van der Waals surface area (Å²) in [5.74, 6) is 1.22. The van der Waals surface area contributed by atoms with E-state index in [4.69, 9.17) is 15.2 Å². The van der Waals surface area contributed by atoms with E-state index in [1.54, 1.807) is 20.4 Å². The van der Waals surface area contributed by atoms with E-state index in [1.165, 1.54) is 0 Å². The van der Waals surface area contributed by atoms with Crippen LogP contribution in [-0.4, -0.2) is 24.2 Å². The van der Waals surface area contributed by atoms with Crippen LogP contribution in [0.2, 0.25) is 0 Å². The quantitative estimate of drug-likeness (QED) is 0.821. The zero-order valence-electron chi connectivity index (χ0n) is 10.9. The summed E-state index contributed by atoms with van der Waals surface area (Å²) in [5, 5.41) is 0. The molecule has 17 heavy (non-hydrogen) atoms. The lowest BCUT2D eigenvalue weighted by atomic mass is 9.95. The van der Waals surface area contributed by atoms with Crippen molar-refractivity contribution in [2.75, 3.05) is 14.2 Å². The lowest BCUT2D eigenvalue weighted by Gasteiger charge is -2.20. The van der Waals surface area contributed by atoms with E-state index in [0.29, 0.717) is 23.4 Å². The van der Waals surface area contributed by atoms with Crippen LogP contribution in [0.15, 0.2) is 6.20 Å². The lowest BCUT2D eigenvalue weighted by molar-refractivity contribution is 0.341. The minimum atomic E-state index is -0.164. The van der Waals surface area contributed by atoms with Crippen molar-refractivity contribution >= 4 is 0 Å². The molecule has 1 aromatic rings. The molecule has 1 heterocycles. The Balaban J connectivity index is 2.96. The summed E-state index contributed by atoms with van der Waals surface area (Å²) in [5.41, 5.74) is 6.86. The number of aromatic nitrogens is 2. The Kier molecular flexibility index (Phi) is 5.15. The molecule has 0 fully saturated rings. The molecule has 0 radical (unpaired) electrons. The zero-order valence-corrected chi connectivity index (χ0v) is 10.9. The summed E-state index contributed by atoms with van der Waals surface area (Å²) in [6, 6.07) is -0.164. The van der Waals surface area contributed by atoms with E-state index in [2.05, 4.69) is 23.8 Å². The van der Waals surface area contributed by atoms with Gasteiger partial charge in [-0.1, -0.05) is 20.3 Å². The number of rotatable bonds is 6. The summed E-state index contributed by atoms with van der Waals surface area (Å²) in [7, 11) is 3.10. The molecule has 0 saturated carbocycles. The van der Waals surface area contributed by atoms with E-state index in [9.17, 15) is 0 Å². The van der Waals surface area contributed by atoms with Gasteiger partial charge in [0, 0.05) is 0 Å². The first kappa shape index (κ1) is 13.7. The van der Waals surface area contributed by atoms with E-state index >= 15 is 0 Å². The molecule has 0 spiro atoms. The fourth-order valence-electron chi connectivity index (χ4n) is 1.75. The van der Waals surface area contributed by atoms with Crippen molar-refractivity contribution in [3.05, 3.63) is 11.9 Å². The minimum Gasteiger partial charge on any atom is -0.480 e. The molecule has 0 aliphatic rings. The summed E-state index contributed by atoms with van der Waals surface area (Å²) in [4.78, 5) is 8.47. The van der Waals surface area contributed by atoms with E-state index in [-0.39, 0.29) is 6.04 Å². The van der Waals surface area contributed by atoms with Gasteiger partial charge in [0.15, 0.2) is 0 Å². The summed E-state index contributed by atoms with van der Waals surface area (Å²) in [6.07, 6.45) is 3.72. The smallest absolute Gasteiger partial charge is 0.240 e. The normalized spacial score (nSPS) is 14.2. The van der Waals surface area contributed by atoms with Crippen LogP contribution in [0.4, 0.5) is 0 Å². The summed E-state index contributed by atoms with van der Waals surface area (Å²) < 4.78 is 10.2. The minimum absolute atomic E-state index is 0.164. The predicted octanol–water partition coefficient (Wildman–Crippen LogP) is 1.93. The van der Waals surface area contributed by atoms with Crippen LogP contribution in [0.25, 0.3) is 0 Å². The first-order valence-corrected chi connectivity index (χ1v) is 5.84. The van der Waals surface area contributed by atoms with Crippen LogP contribution < -0.4 is 15.2 Å². The Morgan fingerprint density at radius 1 is 1.35 bits per heavy atom. The van der Waals surface area contributed by atoms with Crippen LogP contribution in [0, 0.1) is 5.92 Å². The molecule has 2 atom stereocenters.